The van der Waals surface area contributed by atoms with Gasteiger partial charge in [-0.1, -0.05) is 6.07 Å². The Labute approximate surface area is 88.2 Å². The van der Waals surface area contributed by atoms with E-state index in [4.69, 9.17) is 4.84 Å². The fourth-order valence-corrected chi connectivity index (χ4v) is 0.995. The van der Waals surface area contributed by atoms with E-state index < -0.39 is 11.6 Å². The molecule has 0 aromatic heterocycles. The highest BCUT2D eigenvalue weighted by molar-refractivity contribution is 5.18. The molecule has 0 spiro atoms. The van der Waals surface area contributed by atoms with Crippen molar-refractivity contribution >= 4 is 0 Å². The standard InChI is InChI=1S/C11H15F2NO/c1-11(2,3)15-14-7-8-4-5-9(12)6-10(8)13/h4-6,14H,7H2,1-3H3. The molecule has 0 aliphatic carbocycles. The number of benzene rings is 1. The van der Waals surface area contributed by atoms with E-state index in [1.54, 1.807) is 0 Å². The van der Waals surface area contributed by atoms with Crippen LogP contribution in [0.1, 0.15) is 26.3 Å². The molecule has 2 nitrogen and oxygen atoms in total. The minimum absolute atomic E-state index is 0.212. The first-order valence-electron chi connectivity index (χ1n) is 4.73. The van der Waals surface area contributed by atoms with Crippen LogP contribution >= 0.6 is 0 Å². The Balaban J connectivity index is 2.51. The third-order valence-electron chi connectivity index (χ3n) is 1.66. The summed E-state index contributed by atoms with van der Waals surface area (Å²) in [5.74, 6) is -1.15. The van der Waals surface area contributed by atoms with Crippen molar-refractivity contribution in [1.29, 1.82) is 0 Å². The summed E-state index contributed by atoms with van der Waals surface area (Å²) in [5.41, 5.74) is 2.68. The molecule has 0 aliphatic rings. The van der Waals surface area contributed by atoms with Gasteiger partial charge in [0.25, 0.3) is 0 Å². The molecule has 84 valence electrons. The molecule has 1 aromatic rings. The molecule has 0 saturated heterocycles. The van der Waals surface area contributed by atoms with Crippen molar-refractivity contribution in [3.8, 4) is 0 Å². The zero-order valence-electron chi connectivity index (χ0n) is 9.10. The minimum Gasteiger partial charge on any atom is -0.296 e. The van der Waals surface area contributed by atoms with Gasteiger partial charge in [0.05, 0.1) is 5.60 Å². The van der Waals surface area contributed by atoms with Crippen molar-refractivity contribution in [2.24, 2.45) is 0 Å². The monoisotopic (exact) mass is 215 g/mol. The van der Waals surface area contributed by atoms with Crippen LogP contribution < -0.4 is 5.48 Å². The van der Waals surface area contributed by atoms with Crippen molar-refractivity contribution in [2.75, 3.05) is 0 Å². The second kappa shape index (κ2) is 4.68. The summed E-state index contributed by atoms with van der Waals surface area (Å²) in [4.78, 5) is 5.21. The lowest BCUT2D eigenvalue weighted by molar-refractivity contribution is -0.0760. The van der Waals surface area contributed by atoms with Crippen LogP contribution in [-0.2, 0) is 11.4 Å². The highest BCUT2D eigenvalue weighted by Gasteiger charge is 2.10. The SMILES string of the molecule is CC(C)(C)ONCc1ccc(F)cc1F. The summed E-state index contributed by atoms with van der Waals surface area (Å²) in [6.45, 7) is 5.84. The molecule has 15 heavy (non-hydrogen) atoms. The summed E-state index contributed by atoms with van der Waals surface area (Å²) in [7, 11) is 0. The number of hydrogen-bond acceptors (Lipinski definition) is 2. The quantitative estimate of drug-likeness (QED) is 0.783. The molecule has 1 aromatic carbocycles. The summed E-state index contributed by atoms with van der Waals surface area (Å²) in [5, 5.41) is 0. The third kappa shape index (κ3) is 4.36. The molecule has 0 amide bonds. The molecule has 0 unspecified atom stereocenters. The second-order valence-electron chi connectivity index (χ2n) is 4.27. The normalized spacial score (nSPS) is 11.8. The van der Waals surface area contributed by atoms with Gasteiger partial charge in [-0.25, -0.2) is 8.78 Å². The predicted molar refractivity (Wildman–Crippen MR) is 54.0 cm³/mol. The first kappa shape index (κ1) is 12.1. The number of hydrogen-bond donors (Lipinski definition) is 1. The smallest absolute Gasteiger partial charge is 0.130 e. The van der Waals surface area contributed by atoms with Gasteiger partial charge in [-0.2, -0.15) is 5.48 Å². The first-order chi connectivity index (χ1) is 6.88. The van der Waals surface area contributed by atoms with Gasteiger partial charge in [-0.05, 0) is 26.8 Å². The highest BCUT2D eigenvalue weighted by Crippen LogP contribution is 2.10. The Kier molecular flexibility index (Phi) is 3.77. The van der Waals surface area contributed by atoms with E-state index in [0.717, 1.165) is 6.07 Å². The Morgan fingerprint density at radius 3 is 2.47 bits per heavy atom. The Morgan fingerprint density at radius 2 is 1.93 bits per heavy atom. The van der Waals surface area contributed by atoms with Gasteiger partial charge in [-0.3, -0.25) is 4.84 Å². The average molecular weight is 215 g/mol. The van der Waals surface area contributed by atoms with E-state index in [9.17, 15) is 8.78 Å². The van der Waals surface area contributed by atoms with Gasteiger partial charge in [0.1, 0.15) is 11.6 Å². The molecule has 0 saturated carbocycles. The summed E-state index contributed by atoms with van der Waals surface area (Å²) >= 11 is 0. The second-order valence-corrected chi connectivity index (χ2v) is 4.27. The highest BCUT2D eigenvalue weighted by atomic mass is 19.1. The maximum absolute atomic E-state index is 13.1. The van der Waals surface area contributed by atoms with Crippen LogP contribution in [0.25, 0.3) is 0 Å². The number of nitrogens with one attached hydrogen (secondary N) is 1. The lowest BCUT2D eigenvalue weighted by atomic mass is 10.2. The molecule has 0 radical (unpaired) electrons. The lowest BCUT2D eigenvalue weighted by Gasteiger charge is -2.19. The van der Waals surface area contributed by atoms with E-state index >= 15 is 0 Å². The molecule has 0 bridgehead atoms. The van der Waals surface area contributed by atoms with Crippen molar-refractivity contribution in [3.63, 3.8) is 0 Å². The average Bonchev–Trinajstić information content (AvgIpc) is 2.07. The van der Waals surface area contributed by atoms with Gasteiger partial charge in [0.2, 0.25) is 0 Å². The molecular weight excluding hydrogens is 200 g/mol. The van der Waals surface area contributed by atoms with Crippen molar-refractivity contribution in [1.82, 2.24) is 5.48 Å². The largest absolute Gasteiger partial charge is 0.296 e. The van der Waals surface area contributed by atoms with Crippen molar-refractivity contribution in [3.05, 3.63) is 35.4 Å². The van der Waals surface area contributed by atoms with Crippen molar-refractivity contribution < 1.29 is 13.6 Å². The molecule has 0 aliphatic heterocycles. The van der Waals surface area contributed by atoms with Crippen LogP contribution in [-0.4, -0.2) is 5.60 Å². The molecule has 0 atom stereocenters. The van der Waals surface area contributed by atoms with Gasteiger partial charge in [0, 0.05) is 18.2 Å². The van der Waals surface area contributed by atoms with E-state index in [2.05, 4.69) is 5.48 Å². The van der Waals surface area contributed by atoms with Crippen LogP contribution in [0.5, 0.6) is 0 Å². The van der Waals surface area contributed by atoms with Crippen LogP contribution in [0.3, 0.4) is 0 Å². The van der Waals surface area contributed by atoms with E-state index in [0.29, 0.717) is 5.56 Å². The first-order valence-corrected chi connectivity index (χ1v) is 4.73. The minimum atomic E-state index is -0.576. The van der Waals surface area contributed by atoms with E-state index in [1.165, 1.54) is 12.1 Å². The molecule has 0 heterocycles. The fourth-order valence-electron chi connectivity index (χ4n) is 0.995. The van der Waals surface area contributed by atoms with Gasteiger partial charge >= 0.3 is 0 Å². The maximum Gasteiger partial charge on any atom is 0.130 e. The van der Waals surface area contributed by atoms with Crippen LogP contribution in [0.4, 0.5) is 8.78 Å². The van der Waals surface area contributed by atoms with Crippen LogP contribution in [0, 0.1) is 11.6 Å². The zero-order valence-corrected chi connectivity index (χ0v) is 9.10. The number of halogens is 2. The zero-order chi connectivity index (χ0) is 11.5. The molecule has 1 N–H and O–H groups in total. The maximum atomic E-state index is 13.1. The fraction of sp³-hybridized carbons (Fsp3) is 0.455. The van der Waals surface area contributed by atoms with E-state index in [1.807, 2.05) is 20.8 Å². The summed E-state index contributed by atoms with van der Waals surface area (Å²) in [6.07, 6.45) is 0. The van der Waals surface area contributed by atoms with Crippen molar-refractivity contribution in [2.45, 2.75) is 32.9 Å². The van der Waals surface area contributed by atoms with Gasteiger partial charge in [0.15, 0.2) is 0 Å². The van der Waals surface area contributed by atoms with Gasteiger partial charge in [-0.15, -0.1) is 0 Å². The van der Waals surface area contributed by atoms with Gasteiger partial charge < -0.3 is 0 Å². The topological polar surface area (TPSA) is 21.3 Å². The van der Waals surface area contributed by atoms with Crippen LogP contribution in [0.2, 0.25) is 0 Å². The summed E-state index contributed by atoms with van der Waals surface area (Å²) in [6, 6.07) is 3.47. The van der Waals surface area contributed by atoms with E-state index in [-0.39, 0.29) is 12.1 Å². The third-order valence-corrected chi connectivity index (χ3v) is 1.66. The van der Waals surface area contributed by atoms with Crippen LogP contribution in [0.15, 0.2) is 18.2 Å². The molecular formula is C11H15F2NO. The summed E-state index contributed by atoms with van der Waals surface area (Å²) < 4.78 is 25.7. The number of hydroxylamine groups is 1. The lowest BCUT2D eigenvalue weighted by Crippen LogP contribution is -2.28. The predicted octanol–water partition coefficient (Wildman–Crippen LogP) is 2.78. The molecule has 1 rings (SSSR count). The number of rotatable bonds is 3. The Bertz CT molecular complexity index is 334. The molecule has 0 fully saturated rings. The Morgan fingerprint density at radius 1 is 1.27 bits per heavy atom. The molecule has 4 heteroatoms. The Hall–Kier alpha value is -1.00.